The predicted molar refractivity (Wildman–Crippen MR) is 108 cm³/mol. The zero-order chi connectivity index (χ0) is 16.4. The molecule has 0 heterocycles. The molecule has 0 aliphatic rings. The molecule has 0 bridgehead atoms. The zero-order valence-corrected chi connectivity index (χ0v) is 16.0. The van der Waals surface area contributed by atoms with Crippen molar-refractivity contribution in [3.63, 3.8) is 0 Å². The van der Waals surface area contributed by atoms with Gasteiger partial charge in [-0.25, -0.2) is 0 Å². The van der Waals surface area contributed by atoms with Crippen molar-refractivity contribution >= 4 is 23.5 Å². The summed E-state index contributed by atoms with van der Waals surface area (Å²) in [4.78, 5) is 0. The van der Waals surface area contributed by atoms with Gasteiger partial charge in [0.15, 0.2) is 0 Å². The van der Waals surface area contributed by atoms with E-state index in [1.54, 1.807) is 0 Å². The molecule has 0 unspecified atom stereocenters. The lowest BCUT2D eigenvalue weighted by Gasteiger charge is -2.34. The van der Waals surface area contributed by atoms with Gasteiger partial charge in [-0.2, -0.15) is 0 Å². The Balaban J connectivity index is 2.39. The fraction of sp³-hybridized carbons (Fsp3) is 0.429. The van der Waals surface area contributed by atoms with Gasteiger partial charge in [0.05, 0.1) is 0 Å². The van der Waals surface area contributed by atoms with Gasteiger partial charge in [0.25, 0.3) is 0 Å². The molecule has 2 aromatic carbocycles. The average Bonchev–Trinajstić information content (AvgIpc) is 2.62. The minimum atomic E-state index is 0.0207. The highest BCUT2D eigenvalue weighted by molar-refractivity contribution is 8.17. The molecule has 0 amide bonds. The van der Waals surface area contributed by atoms with E-state index in [0.717, 1.165) is 0 Å². The van der Waals surface area contributed by atoms with Gasteiger partial charge in [-0.05, 0) is 35.5 Å². The van der Waals surface area contributed by atoms with Crippen LogP contribution in [0, 0.1) is 0 Å². The van der Waals surface area contributed by atoms with Crippen LogP contribution in [0.3, 0.4) is 0 Å². The maximum atomic E-state index is 2.30. The van der Waals surface area contributed by atoms with Crippen LogP contribution in [0.2, 0.25) is 0 Å². The molecule has 0 radical (unpaired) electrons. The average molecular weight is 345 g/mol. The van der Waals surface area contributed by atoms with Crippen molar-refractivity contribution < 1.29 is 0 Å². The van der Waals surface area contributed by atoms with Crippen molar-refractivity contribution in [3.05, 3.63) is 71.8 Å². The molecule has 124 valence electrons. The van der Waals surface area contributed by atoms with Gasteiger partial charge in [-0.15, -0.1) is 23.5 Å². The number of rotatable bonds is 10. The Morgan fingerprint density at radius 1 is 0.652 bits per heavy atom. The molecular formula is C21H28S2. The third kappa shape index (κ3) is 5.06. The van der Waals surface area contributed by atoms with Crippen molar-refractivity contribution in [1.82, 2.24) is 0 Å². The summed E-state index contributed by atoms with van der Waals surface area (Å²) in [6, 6.07) is 22.1. The number of unbranched alkanes of at least 4 members (excludes halogenated alkanes) is 2. The standard InChI is InChI=1S/C21H28S2/c1-3-5-17-22-21(23-18-6-4-2,19-13-9-7-10-14-19)20-15-11-8-12-16-20/h7-16H,3-6,17-18H2,1-2H3. The molecule has 0 nitrogen and oxygen atoms in total. The van der Waals surface area contributed by atoms with Crippen molar-refractivity contribution in [2.75, 3.05) is 11.5 Å². The topological polar surface area (TPSA) is 0 Å². The summed E-state index contributed by atoms with van der Waals surface area (Å²) in [6.45, 7) is 4.55. The zero-order valence-electron chi connectivity index (χ0n) is 14.3. The summed E-state index contributed by atoms with van der Waals surface area (Å²) in [5.41, 5.74) is 2.85. The van der Waals surface area contributed by atoms with E-state index >= 15 is 0 Å². The molecule has 0 saturated carbocycles. The first kappa shape index (κ1) is 18.5. The van der Waals surface area contributed by atoms with Gasteiger partial charge >= 0.3 is 0 Å². The van der Waals surface area contributed by atoms with Crippen LogP contribution in [0.4, 0.5) is 0 Å². The van der Waals surface area contributed by atoms with Crippen molar-refractivity contribution in [2.24, 2.45) is 0 Å². The lowest BCUT2D eigenvalue weighted by molar-refractivity contribution is 0.884. The molecule has 2 aromatic rings. The maximum absolute atomic E-state index is 2.30. The van der Waals surface area contributed by atoms with E-state index in [4.69, 9.17) is 0 Å². The van der Waals surface area contributed by atoms with Crippen LogP contribution in [0.5, 0.6) is 0 Å². The molecule has 0 atom stereocenters. The van der Waals surface area contributed by atoms with E-state index in [1.165, 1.54) is 48.3 Å². The first-order valence-corrected chi connectivity index (χ1v) is 10.7. The Kier molecular flexibility index (Phi) is 8.11. The molecule has 0 N–H and O–H groups in total. The second-order valence-electron chi connectivity index (χ2n) is 5.75. The molecule has 0 aromatic heterocycles. The van der Waals surface area contributed by atoms with Crippen LogP contribution < -0.4 is 0 Å². The van der Waals surface area contributed by atoms with Crippen LogP contribution in [-0.4, -0.2) is 11.5 Å². The Hall–Kier alpha value is -0.860. The number of hydrogen-bond donors (Lipinski definition) is 0. The lowest BCUT2D eigenvalue weighted by Crippen LogP contribution is -2.21. The van der Waals surface area contributed by atoms with E-state index in [-0.39, 0.29) is 4.08 Å². The molecule has 0 aliphatic heterocycles. The summed E-state index contributed by atoms with van der Waals surface area (Å²) in [7, 11) is 0. The largest absolute Gasteiger partial charge is 0.135 e. The Bertz CT molecular complexity index is 485. The van der Waals surface area contributed by atoms with Crippen molar-refractivity contribution in [1.29, 1.82) is 0 Å². The first-order valence-electron chi connectivity index (χ1n) is 8.72. The Labute approximate surface area is 150 Å². The van der Waals surface area contributed by atoms with Gasteiger partial charge in [-0.1, -0.05) is 87.4 Å². The quantitative estimate of drug-likeness (QED) is 0.338. The molecule has 0 spiro atoms. The van der Waals surface area contributed by atoms with Gasteiger partial charge in [0.2, 0.25) is 0 Å². The first-order chi connectivity index (χ1) is 11.3. The van der Waals surface area contributed by atoms with Crippen LogP contribution >= 0.6 is 23.5 Å². The molecule has 0 fully saturated rings. The highest BCUT2D eigenvalue weighted by atomic mass is 32.2. The van der Waals surface area contributed by atoms with E-state index in [2.05, 4.69) is 98.0 Å². The van der Waals surface area contributed by atoms with E-state index in [0.29, 0.717) is 0 Å². The van der Waals surface area contributed by atoms with E-state index in [9.17, 15) is 0 Å². The highest BCUT2D eigenvalue weighted by Crippen LogP contribution is 2.52. The van der Waals surface area contributed by atoms with Crippen LogP contribution in [0.15, 0.2) is 60.7 Å². The van der Waals surface area contributed by atoms with Crippen LogP contribution in [-0.2, 0) is 4.08 Å². The SMILES string of the molecule is CCCCSC(SCCCC)(c1ccccc1)c1ccccc1. The van der Waals surface area contributed by atoms with Gasteiger partial charge in [0.1, 0.15) is 4.08 Å². The molecule has 23 heavy (non-hydrogen) atoms. The van der Waals surface area contributed by atoms with Gasteiger partial charge in [0, 0.05) is 0 Å². The second-order valence-corrected chi connectivity index (χ2v) is 8.63. The summed E-state index contributed by atoms with van der Waals surface area (Å²) >= 11 is 4.23. The third-order valence-electron chi connectivity index (χ3n) is 3.91. The fourth-order valence-corrected chi connectivity index (χ4v) is 6.06. The molecule has 2 rings (SSSR count). The van der Waals surface area contributed by atoms with Crippen LogP contribution in [0.25, 0.3) is 0 Å². The molecule has 0 aliphatic carbocycles. The molecule has 0 saturated heterocycles. The second kappa shape index (κ2) is 10.1. The summed E-state index contributed by atoms with van der Waals surface area (Å²) in [5, 5.41) is 0. The van der Waals surface area contributed by atoms with Gasteiger partial charge in [-0.3, -0.25) is 0 Å². The van der Waals surface area contributed by atoms with Crippen molar-refractivity contribution in [2.45, 2.75) is 43.6 Å². The summed E-state index contributed by atoms with van der Waals surface area (Å²) in [6.07, 6.45) is 5.07. The van der Waals surface area contributed by atoms with Crippen molar-refractivity contribution in [3.8, 4) is 0 Å². The minimum absolute atomic E-state index is 0.0207. The normalized spacial score (nSPS) is 11.6. The number of hydrogen-bond acceptors (Lipinski definition) is 2. The third-order valence-corrected chi connectivity index (χ3v) is 7.36. The van der Waals surface area contributed by atoms with Gasteiger partial charge < -0.3 is 0 Å². The van der Waals surface area contributed by atoms with E-state index < -0.39 is 0 Å². The molecule has 2 heteroatoms. The minimum Gasteiger partial charge on any atom is -0.135 e. The molecular weight excluding hydrogens is 316 g/mol. The monoisotopic (exact) mass is 344 g/mol. The lowest BCUT2D eigenvalue weighted by atomic mass is 10.0. The smallest absolute Gasteiger partial charge is 0.111 e. The summed E-state index contributed by atoms with van der Waals surface area (Å²) < 4.78 is 0.0207. The Morgan fingerprint density at radius 2 is 1.04 bits per heavy atom. The highest BCUT2D eigenvalue weighted by Gasteiger charge is 2.34. The predicted octanol–water partition coefficient (Wildman–Crippen LogP) is 6.95. The maximum Gasteiger partial charge on any atom is 0.111 e. The van der Waals surface area contributed by atoms with Crippen LogP contribution in [0.1, 0.15) is 50.7 Å². The summed E-state index contributed by atoms with van der Waals surface area (Å²) in [5.74, 6) is 2.42. The number of thioether (sulfide) groups is 2. The fourth-order valence-electron chi connectivity index (χ4n) is 2.58. The number of benzene rings is 2. The Morgan fingerprint density at radius 3 is 1.39 bits per heavy atom. The van der Waals surface area contributed by atoms with E-state index in [1.807, 2.05) is 0 Å².